The molecular weight excluding hydrogens is 439 g/mol. The number of ketones is 1. The number of hydrogen-bond donors (Lipinski definition) is 1. The van der Waals surface area contributed by atoms with Crippen molar-refractivity contribution in [2.24, 2.45) is 0 Å². The minimum Gasteiger partial charge on any atom is -0.326 e. The van der Waals surface area contributed by atoms with E-state index in [1.54, 1.807) is 18.2 Å². The third kappa shape index (κ3) is 3.86. The average molecular weight is 457 g/mol. The van der Waals surface area contributed by atoms with Gasteiger partial charge in [0.05, 0.1) is 28.9 Å². The van der Waals surface area contributed by atoms with Crippen LogP contribution in [-0.4, -0.2) is 18.1 Å². The van der Waals surface area contributed by atoms with Crippen molar-refractivity contribution >= 4 is 29.3 Å². The first-order chi connectivity index (χ1) is 15.2. The van der Waals surface area contributed by atoms with Gasteiger partial charge in [-0.25, -0.2) is 4.79 Å². The standard InChI is InChI=1S/C23H18F3N3O2S/c1-32-19-10-13(12-27)8-9-16(19)21-20-17(6-3-7-18(20)30)29(22(31)28-21)15-5-2-4-14(11-15)23(24,25)26/h2,4-5,8-11,21H,3,6-7H2,1H3,(H,28,31). The molecule has 9 heteroatoms. The predicted octanol–water partition coefficient (Wildman–Crippen LogP) is 5.58. The van der Waals surface area contributed by atoms with Crippen molar-refractivity contribution in [2.45, 2.75) is 36.4 Å². The van der Waals surface area contributed by atoms with E-state index in [0.717, 1.165) is 17.0 Å². The maximum absolute atomic E-state index is 13.2. The van der Waals surface area contributed by atoms with Crippen molar-refractivity contribution in [1.29, 1.82) is 5.26 Å². The predicted molar refractivity (Wildman–Crippen MR) is 114 cm³/mol. The lowest BCUT2D eigenvalue weighted by atomic mass is 9.84. The number of hydrogen-bond acceptors (Lipinski definition) is 4. The van der Waals surface area contributed by atoms with E-state index in [-0.39, 0.29) is 11.5 Å². The van der Waals surface area contributed by atoms with Crippen LogP contribution < -0.4 is 10.2 Å². The van der Waals surface area contributed by atoms with Gasteiger partial charge in [-0.05, 0) is 55.0 Å². The number of halogens is 3. The molecule has 1 heterocycles. The number of urea groups is 1. The summed E-state index contributed by atoms with van der Waals surface area (Å²) in [5.41, 5.74) is 1.12. The van der Waals surface area contributed by atoms with Gasteiger partial charge < -0.3 is 5.32 Å². The molecular formula is C23H18F3N3O2S. The third-order valence-electron chi connectivity index (χ3n) is 5.56. The maximum atomic E-state index is 13.2. The highest BCUT2D eigenvalue weighted by Crippen LogP contribution is 2.42. The molecule has 0 radical (unpaired) electrons. The second-order valence-electron chi connectivity index (χ2n) is 7.47. The van der Waals surface area contributed by atoms with E-state index >= 15 is 0 Å². The summed E-state index contributed by atoms with van der Waals surface area (Å²) in [6, 6.07) is 10.3. The first kappa shape index (κ1) is 22.0. The SMILES string of the molecule is CSc1cc(C#N)ccc1C1NC(=O)N(c2cccc(C(F)(F)F)c2)C2=C1C(=O)CCC2. The molecule has 4 rings (SSSR count). The fourth-order valence-corrected chi connectivity index (χ4v) is 4.80. The molecule has 2 aromatic carbocycles. The van der Waals surface area contributed by atoms with E-state index in [1.807, 2.05) is 6.26 Å². The van der Waals surface area contributed by atoms with Crippen LogP contribution in [0, 0.1) is 11.3 Å². The average Bonchev–Trinajstić information content (AvgIpc) is 2.77. The van der Waals surface area contributed by atoms with Crippen LogP contribution >= 0.6 is 11.8 Å². The molecule has 0 spiro atoms. The van der Waals surface area contributed by atoms with E-state index in [0.29, 0.717) is 41.7 Å². The zero-order chi connectivity index (χ0) is 23.0. The van der Waals surface area contributed by atoms with Gasteiger partial charge in [0.25, 0.3) is 0 Å². The number of amides is 2. The number of nitrogens with zero attached hydrogens (tertiary/aromatic N) is 2. The van der Waals surface area contributed by atoms with Gasteiger partial charge in [-0.15, -0.1) is 11.8 Å². The molecule has 0 aromatic heterocycles. The highest BCUT2D eigenvalue weighted by molar-refractivity contribution is 7.98. The number of rotatable bonds is 3. The van der Waals surface area contributed by atoms with Gasteiger partial charge in [-0.1, -0.05) is 12.1 Å². The van der Waals surface area contributed by atoms with Crippen molar-refractivity contribution < 1.29 is 22.8 Å². The van der Waals surface area contributed by atoms with Crippen molar-refractivity contribution in [3.63, 3.8) is 0 Å². The van der Waals surface area contributed by atoms with Gasteiger partial charge in [-0.3, -0.25) is 9.69 Å². The summed E-state index contributed by atoms with van der Waals surface area (Å²) in [6.45, 7) is 0. The van der Waals surface area contributed by atoms with Crippen LogP contribution in [0.2, 0.25) is 0 Å². The fourth-order valence-electron chi connectivity index (χ4n) is 4.14. The van der Waals surface area contributed by atoms with Gasteiger partial charge in [-0.2, -0.15) is 18.4 Å². The van der Waals surface area contributed by atoms with Crippen LogP contribution in [0.15, 0.2) is 58.6 Å². The van der Waals surface area contributed by atoms with Crippen LogP contribution in [0.3, 0.4) is 0 Å². The first-order valence-electron chi connectivity index (χ1n) is 9.86. The number of Topliss-reactive ketones (excluding diaryl/α,β-unsaturated/α-hetero) is 1. The second kappa shape index (κ2) is 8.36. The van der Waals surface area contributed by atoms with Crippen LogP contribution in [0.25, 0.3) is 0 Å². The van der Waals surface area contributed by atoms with Crippen molar-refractivity contribution in [1.82, 2.24) is 5.32 Å². The zero-order valence-corrected chi connectivity index (χ0v) is 17.8. The summed E-state index contributed by atoms with van der Waals surface area (Å²) >= 11 is 1.39. The topological polar surface area (TPSA) is 73.2 Å². The lowest BCUT2D eigenvalue weighted by Crippen LogP contribution is -2.49. The van der Waals surface area contributed by atoms with Crippen molar-refractivity contribution in [2.75, 3.05) is 11.2 Å². The van der Waals surface area contributed by atoms with Crippen LogP contribution in [0.4, 0.5) is 23.7 Å². The molecule has 5 nitrogen and oxygen atoms in total. The molecule has 1 N–H and O–H groups in total. The minimum absolute atomic E-state index is 0.0582. The molecule has 0 saturated heterocycles. The molecule has 0 bridgehead atoms. The Hall–Kier alpha value is -3.25. The fraction of sp³-hybridized carbons (Fsp3) is 0.261. The molecule has 32 heavy (non-hydrogen) atoms. The van der Waals surface area contributed by atoms with E-state index in [4.69, 9.17) is 0 Å². The van der Waals surface area contributed by atoms with Gasteiger partial charge in [0.1, 0.15) is 0 Å². The number of nitriles is 1. The van der Waals surface area contributed by atoms with E-state index in [2.05, 4.69) is 11.4 Å². The molecule has 1 aliphatic heterocycles. The summed E-state index contributed by atoms with van der Waals surface area (Å²) in [7, 11) is 0. The number of carbonyl (C=O) groups excluding carboxylic acids is 2. The molecule has 2 aliphatic rings. The Morgan fingerprint density at radius 1 is 1.16 bits per heavy atom. The van der Waals surface area contributed by atoms with Crippen molar-refractivity contribution in [3.8, 4) is 6.07 Å². The molecule has 164 valence electrons. The quantitative estimate of drug-likeness (QED) is 0.611. The molecule has 0 fully saturated rings. The maximum Gasteiger partial charge on any atom is 0.416 e. The third-order valence-corrected chi connectivity index (χ3v) is 6.36. The number of allylic oxidation sites excluding steroid dienone is 1. The lowest BCUT2D eigenvalue weighted by Gasteiger charge is -2.39. The number of anilines is 1. The van der Waals surface area contributed by atoms with E-state index in [9.17, 15) is 28.0 Å². The monoisotopic (exact) mass is 457 g/mol. The Kier molecular flexibility index (Phi) is 5.73. The van der Waals surface area contributed by atoms with Gasteiger partial charge in [0.2, 0.25) is 0 Å². The summed E-state index contributed by atoms with van der Waals surface area (Å²) < 4.78 is 39.7. The lowest BCUT2D eigenvalue weighted by molar-refractivity contribution is -0.137. The van der Waals surface area contributed by atoms with Crippen LogP contribution in [0.5, 0.6) is 0 Å². The molecule has 1 aliphatic carbocycles. The van der Waals surface area contributed by atoms with Gasteiger partial charge >= 0.3 is 12.2 Å². The number of nitrogens with one attached hydrogen (secondary N) is 1. The number of alkyl halides is 3. The highest BCUT2D eigenvalue weighted by Gasteiger charge is 2.41. The Balaban J connectivity index is 1.87. The Morgan fingerprint density at radius 2 is 1.94 bits per heavy atom. The molecule has 2 amide bonds. The number of carbonyl (C=O) groups is 2. The second-order valence-corrected chi connectivity index (χ2v) is 8.32. The highest BCUT2D eigenvalue weighted by atomic mass is 32.2. The Morgan fingerprint density at radius 3 is 2.62 bits per heavy atom. The molecule has 1 atom stereocenters. The first-order valence-corrected chi connectivity index (χ1v) is 11.1. The van der Waals surface area contributed by atoms with Gasteiger partial charge in [0.15, 0.2) is 5.78 Å². The minimum atomic E-state index is -4.56. The normalized spacial score (nSPS) is 18.8. The Bertz CT molecular complexity index is 1180. The van der Waals surface area contributed by atoms with Crippen molar-refractivity contribution in [3.05, 3.63) is 70.4 Å². The number of benzene rings is 2. The summed E-state index contributed by atoms with van der Waals surface area (Å²) in [5, 5.41) is 12.0. The summed E-state index contributed by atoms with van der Waals surface area (Å²) in [6.07, 6.45) is -1.52. The zero-order valence-electron chi connectivity index (χ0n) is 17.0. The van der Waals surface area contributed by atoms with Gasteiger partial charge in [0, 0.05) is 22.6 Å². The van der Waals surface area contributed by atoms with Crippen LogP contribution in [-0.2, 0) is 11.0 Å². The Labute approximate surface area is 186 Å². The van der Waals surface area contributed by atoms with Crippen LogP contribution in [0.1, 0.15) is 42.0 Å². The largest absolute Gasteiger partial charge is 0.416 e. The molecule has 0 saturated carbocycles. The summed E-state index contributed by atoms with van der Waals surface area (Å²) in [5.74, 6) is -0.148. The van der Waals surface area contributed by atoms with E-state index < -0.39 is 23.8 Å². The number of thioether (sulfide) groups is 1. The molecule has 2 aromatic rings. The summed E-state index contributed by atoms with van der Waals surface area (Å²) in [4.78, 5) is 28.0. The van der Waals surface area contributed by atoms with E-state index in [1.165, 1.54) is 28.8 Å². The smallest absolute Gasteiger partial charge is 0.326 e. The molecule has 1 unspecified atom stereocenters.